The highest BCUT2D eigenvalue weighted by Crippen LogP contribution is 2.11. The van der Waals surface area contributed by atoms with Gasteiger partial charge in [-0.3, -0.25) is 9.20 Å². The zero-order chi connectivity index (χ0) is 13.7. The van der Waals surface area contributed by atoms with Crippen LogP contribution in [-0.4, -0.2) is 33.6 Å². The summed E-state index contributed by atoms with van der Waals surface area (Å²) in [5, 5.41) is 11.6. The van der Waals surface area contributed by atoms with Crippen LogP contribution in [-0.2, 0) is 0 Å². The van der Waals surface area contributed by atoms with E-state index in [1.54, 1.807) is 4.40 Å². The first kappa shape index (κ1) is 13.5. The van der Waals surface area contributed by atoms with Crippen molar-refractivity contribution in [2.75, 3.05) is 13.2 Å². The Morgan fingerprint density at radius 3 is 3.00 bits per heavy atom. The number of aliphatic hydroxyl groups is 1. The summed E-state index contributed by atoms with van der Waals surface area (Å²) in [6, 6.07) is 5.66. The lowest BCUT2D eigenvalue weighted by Crippen LogP contribution is -2.26. The number of fused-ring (bicyclic) bond motifs is 1. The van der Waals surface area contributed by atoms with E-state index in [1.165, 1.54) is 0 Å². The van der Waals surface area contributed by atoms with Crippen LogP contribution in [0.1, 0.15) is 35.4 Å². The average Bonchev–Trinajstić information content (AvgIpc) is 2.74. The maximum absolute atomic E-state index is 12.2. The second-order valence-corrected chi connectivity index (χ2v) is 4.51. The molecule has 2 rings (SSSR count). The summed E-state index contributed by atoms with van der Waals surface area (Å²) < 4.78 is 1.80. The summed E-state index contributed by atoms with van der Waals surface area (Å²) in [4.78, 5) is 16.5. The van der Waals surface area contributed by atoms with Crippen molar-refractivity contribution in [1.29, 1.82) is 0 Å². The normalized spacial score (nSPS) is 10.8. The number of nitrogens with zero attached hydrogens (tertiary/aromatic N) is 2. The summed E-state index contributed by atoms with van der Waals surface area (Å²) in [5.74, 6) is -0.0970. The molecule has 0 aliphatic carbocycles. The molecule has 0 aromatic carbocycles. The Morgan fingerprint density at radius 2 is 2.21 bits per heavy atom. The summed E-state index contributed by atoms with van der Waals surface area (Å²) in [6.45, 7) is 2.67. The predicted molar refractivity (Wildman–Crippen MR) is 73.2 cm³/mol. The molecule has 0 radical (unpaired) electrons. The number of aliphatic hydroxyl groups excluding tert-OH is 1. The lowest BCUT2D eigenvalue weighted by Gasteiger charge is -2.05. The Bertz CT molecular complexity index is 563. The molecule has 102 valence electrons. The van der Waals surface area contributed by atoms with Crippen LogP contribution in [0.25, 0.3) is 5.65 Å². The largest absolute Gasteiger partial charge is 0.396 e. The number of hydrogen-bond donors (Lipinski definition) is 2. The van der Waals surface area contributed by atoms with Crippen LogP contribution >= 0.6 is 0 Å². The molecule has 19 heavy (non-hydrogen) atoms. The Balaban J connectivity index is 2.03. The Hall–Kier alpha value is -1.88. The van der Waals surface area contributed by atoms with Gasteiger partial charge in [0.15, 0.2) is 0 Å². The first-order chi connectivity index (χ1) is 9.24. The molecule has 0 unspecified atom stereocenters. The van der Waals surface area contributed by atoms with Gasteiger partial charge < -0.3 is 10.4 Å². The third kappa shape index (κ3) is 3.12. The Kier molecular flexibility index (Phi) is 4.52. The highest BCUT2D eigenvalue weighted by Gasteiger charge is 2.15. The fourth-order valence-corrected chi connectivity index (χ4v) is 2.09. The molecule has 0 aliphatic heterocycles. The van der Waals surface area contributed by atoms with Gasteiger partial charge in [-0.05, 0) is 38.3 Å². The third-order valence-corrected chi connectivity index (χ3v) is 3.04. The number of aryl methyl sites for hydroxylation is 1. The topological polar surface area (TPSA) is 66.6 Å². The van der Waals surface area contributed by atoms with E-state index < -0.39 is 0 Å². The molecule has 0 aliphatic rings. The van der Waals surface area contributed by atoms with E-state index in [4.69, 9.17) is 5.11 Å². The lowest BCUT2D eigenvalue weighted by molar-refractivity contribution is 0.0946. The molecule has 0 spiro atoms. The summed E-state index contributed by atoms with van der Waals surface area (Å²) in [7, 11) is 0. The molecule has 0 saturated carbocycles. The quantitative estimate of drug-likeness (QED) is 0.775. The fourth-order valence-electron chi connectivity index (χ4n) is 2.09. The van der Waals surface area contributed by atoms with E-state index in [-0.39, 0.29) is 12.5 Å². The van der Waals surface area contributed by atoms with E-state index >= 15 is 0 Å². The standard InChI is InChI=1S/C14H19N3O2/c1-11-13(14(19)15-8-4-2-6-10-18)17-9-5-3-7-12(17)16-11/h3,5,7,9,18H,2,4,6,8,10H2,1H3,(H,15,19). The van der Waals surface area contributed by atoms with E-state index in [2.05, 4.69) is 10.3 Å². The zero-order valence-corrected chi connectivity index (χ0v) is 11.1. The summed E-state index contributed by atoms with van der Waals surface area (Å²) >= 11 is 0. The lowest BCUT2D eigenvalue weighted by atomic mass is 10.2. The van der Waals surface area contributed by atoms with E-state index in [1.807, 2.05) is 31.3 Å². The van der Waals surface area contributed by atoms with Gasteiger partial charge in [-0.1, -0.05) is 6.07 Å². The van der Waals surface area contributed by atoms with E-state index in [9.17, 15) is 4.79 Å². The van der Waals surface area contributed by atoms with E-state index in [0.717, 1.165) is 30.6 Å². The number of aromatic nitrogens is 2. The van der Waals surface area contributed by atoms with Crippen molar-refractivity contribution in [1.82, 2.24) is 14.7 Å². The van der Waals surface area contributed by atoms with Gasteiger partial charge in [-0.15, -0.1) is 0 Å². The predicted octanol–water partition coefficient (Wildman–Crippen LogP) is 1.54. The molecule has 0 fully saturated rings. The zero-order valence-electron chi connectivity index (χ0n) is 11.1. The average molecular weight is 261 g/mol. The SMILES string of the molecule is Cc1nc2ccccn2c1C(=O)NCCCCCO. The molecule has 2 N–H and O–H groups in total. The van der Waals surface area contributed by atoms with Crippen molar-refractivity contribution in [3.63, 3.8) is 0 Å². The van der Waals surface area contributed by atoms with Crippen molar-refractivity contribution in [2.24, 2.45) is 0 Å². The van der Waals surface area contributed by atoms with Crippen LogP contribution in [0, 0.1) is 6.92 Å². The van der Waals surface area contributed by atoms with E-state index in [0.29, 0.717) is 12.2 Å². The Labute approximate surface area is 112 Å². The molecule has 0 saturated heterocycles. The molecule has 1 amide bonds. The monoisotopic (exact) mass is 261 g/mol. The van der Waals surface area contributed by atoms with Gasteiger partial charge in [0.2, 0.25) is 0 Å². The van der Waals surface area contributed by atoms with Crippen LogP contribution in [0.15, 0.2) is 24.4 Å². The number of unbranched alkanes of at least 4 members (excludes halogenated alkanes) is 2. The number of carbonyl (C=O) groups is 1. The molecular formula is C14H19N3O2. The highest BCUT2D eigenvalue weighted by molar-refractivity contribution is 5.94. The van der Waals surface area contributed by atoms with Crippen molar-refractivity contribution in [3.8, 4) is 0 Å². The molecule has 5 nitrogen and oxygen atoms in total. The van der Waals surface area contributed by atoms with Crippen molar-refractivity contribution < 1.29 is 9.90 Å². The van der Waals surface area contributed by atoms with Crippen LogP contribution in [0.2, 0.25) is 0 Å². The highest BCUT2D eigenvalue weighted by atomic mass is 16.2. The van der Waals surface area contributed by atoms with Gasteiger partial charge in [-0.25, -0.2) is 4.98 Å². The number of amides is 1. The molecule has 0 atom stereocenters. The van der Waals surface area contributed by atoms with Gasteiger partial charge in [0, 0.05) is 19.3 Å². The van der Waals surface area contributed by atoms with Crippen LogP contribution in [0.3, 0.4) is 0 Å². The maximum atomic E-state index is 12.2. The number of carbonyl (C=O) groups excluding carboxylic acids is 1. The minimum atomic E-state index is -0.0970. The third-order valence-electron chi connectivity index (χ3n) is 3.04. The fraction of sp³-hybridized carbons (Fsp3) is 0.429. The number of hydrogen-bond acceptors (Lipinski definition) is 3. The number of pyridine rings is 1. The van der Waals surface area contributed by atoms with Crippen LogP contribution in [0.4, 0.5) is 0 Å². The van der Waals surface area contributed by atoms with Gasteiger partial charge >= 0.3 is 0 Å². The van der Waals surface area contributed by atoms with Crippen molar-refractivity contribution in [2.45, 2.75) is 26.2 Å². The van der Waals surface area contributed by atoms with Crippen LogP contribution in [0.5, 0.6) is 0 Å². The van der Waals surface area contributed by atoms with Crippen molar-refractivity contribution >= 4 is 11.6 Å². The molecule has 5 heteroatoms. The number of nitrogens with one attached hydrogen (secondary N) is 1. The second-order valence-electron chi connectivity index (χ2n) is 4.51. The number of rotatable bonds is 6. The van der Waals surface area contributed by atoms with Gasteiger partial charge in [0.25, 0.3) is 5.91 Å². The number of imidazole rings is 1. The molecule has 2 aromatic rings. The van der Waals surface area contributed by atoms with Gasteiger partial charge in [0.1, 0.15) is 11.3 Å². The minimum absolute atomic E-state index is 0.0970. The second kappa shape index (κ2) is 6.33. The molecule has 2 heterocycles. The van der Waals surface area contributed by atoms with Crippen molar-refractivity contribution in [3.05, 3.63) is 35.8 Å². The molecule has 0 bridgehead atoms. The van der Waals surface area contributed by atoms with Gasteiger partial charge in [-0.2, -0.15) is 0 Å². The van der Waals surface area contributed by atoms with Crippen LogP contribution < -0.4 is 5.32 Å². The van der Waals surface area contributed by atoms with Gasteiger partial charge in [0.05, 0.1) is 5.69 Å². The summed E-state index contributed by atoms with van der Waals surface area (Å²) in [6.07, 6.45) is 4.42. The molecule has 2 aromatic heterocycles. The first-order valence-corrected chi connectivity index (χ1v) is 6.57. The maximum Gasteiger partial charge on any atom is 0.270 e. The smallest absolute Gasteiger partial charge is 0.270 e. The Morgan fingerprint density at radius 1 is 1.37 bits per heavy atom. The summed E-state index contributed by atoms with van der Waals surface area (Å²) in [5.41, 5.74) is 2.11. The minimum Gasteiger partial charge on any atom is -0.396 e. The molecular weight excluding hydrogens is 242 g/mol. The first-order valence-electron chi connectivity index (χ1n) is 6.57.